The highest BCUT2D eigenvalue weighted by Gasteiger charge is 2.64. The second kappa shape index (κ2) is 8.84. The number of nitrogens with one attached hydrogen (secondary N) is 1. The van der Waals surface area contributed by atoms with Crippen molar-refractivity contribution >= 4 is 11.9 Å². The zero-order valence-electron chi connectivity index (χ0n) is 21.0. The lowest BCUT2D eigenvalue weighted by Gasteiger charge is -2.63. The SMILES string of the molecule is CC(=O)O[C@@H]1CC[C@@]2(C)[C@@H](CC[C@@H]3[C@@H]2[C@H](NC2CCCCC2)C[C@]2(C)[C@@H](C(=O)O)CC[C@@H]32)C1. The molecule has 0 aromatic rings. The number of aliphatic carboxylic acids is 1. The van der Waals surface area contributed by atoms with Gasteiger partial charge in [-0.25, -0.2) is 0 Å². The zero-order chi connectivity index (χ0) is 23.4. The Kier molecular flexibility index (Phi) is 6.33. The molecule has 5 nitrogen and oxygen atoms in total. The van der Waals surface area contributed by atoms with Crippen molar-refractivity contribution < 1.29 is 19.4 Å². The lowest BCUT2D eigenvalue weighted by Crippen LogP contribution is -2.63. The molecule has 0 amide bonds. The van der Waals surface area contributed by atoms with Gasteiger partial charge in [-0.3, -0.25) is 9.59 Å². The number of fused-ring (bicyclic) bond motifs is 5. The van der Waals surface area contributed by atoms with Crippen molar-refractivity contribution in [3.8, 4) is 0 Å². The van der Waals surface area contributed by atoms with Gasteiger partial charge in [0.2, 0.25) is 0 Å². The van der Waals surface area contributed by atoms with Crippen LogP contribution in [0.4, 0.5) is 0 Å². The van der Waals surface area contributed by atoms with E-state index in [0.29, 0.717) is 35.8 Å². The van der Waals surface area contributed by atoms with E-state index in [1.807, 2.05) is 0 Å². The van der Waals surface area contributed by atoms with Gasteiger partial charge < -0.3 is 15.2 Å². The maximum atomic E-state index is 12.3. The normalized spacial score (nSPS) is 47.8. The van der Waals surface area contributed by atoms with Gasteiger partial charge in [0.15, 0.2) is 0 Å². The summed E-state index contributed by atoms with van der Waals surface area (Å²) in [6.07, 6.45) is 15.1. The molecule has 0 aromatic heterocycles. The second-order valence-corrected chi connectivity index (χ2v) is 12.9. The summed E-state index contributed by atoms with van der Waals surface area (Å²) in [5, 5.41) is 14.3. The van der Waals surface area contributed by atoms with Crippen molar-refractivity contribution in [2.75, 3.05) is 0 Å². The van der Waals surface area contributed by atoms with Crippen LogP contribution in [-0.4, -0.2) is 35.2 Å². The average Bonchev–Trinajstić information content (AvgIpc) is 3.11. The molecule has 5 aliphatic carbocycles. The first-order valence-electron chi connectivity index (χ1n) is 13.9. The van der Waals surface area contributed by atoms with E-state index in [9.17, 15) is 14.7 Å². The van der Waals surface area contributed by atoms with Gasteiger partial charge in [-0.1, -0.05) is 33.1 Å². The highest BCUT2D eigenvalue weighted by molar-refractivity contribution is 5.71. The molecule has 0 unspecified atom stereocenters. The predicted molar refractivity (Wildman–Crippen MR) is 128 cm³/mol. The number of esters is 1. The number of hydrogen-bond donors (Lipinski definition) is 2. The van der Waals surface area contributed by atoms with E-state index in [1.54, 1.807) is 0 Å². The number of carboxylic acid groups (broad SMARTS) is 1. The van der Waals surface area contributed by atoms with E-state index >= 15 is 0 Å². The fraction of sp³-hybridized carbons (Fsp3) is 0.929. The van der Waals surface area contributed by atoms with Crippen LogP contribution >= 0.6 is 0 Å². The molecule has 9 atom stereocenters. The van der Waals surface area contributed by atoms with Crippen LogP contribution in [0.25, 0.3) is 0 Å². The molecule has 2 N–H and O–H groups in total. The van der Waals surface area contributed by atoms with E-state index < -0.39 is 5.97 Å². The lowest BCUT2D eigenvalue weighted by atomic mass is 9.43. The van der Waals surface area contributed by atoms with Crippen molar-refractivity contribution in [3.05, 3.63) is 0 Å². The van der Waals surface area contributed by atoms with Crippen LogP contribution in [0.5, 0.6) is 0 Å². The maximum absolute atomic E-state index is 12.3. The van der Waals surface area contributed by atoms with E-state index in [0.717, 1.165) is 38.5 Å². The molecule has 0 radical (unpaired) electrons. The summed E-state index contributed by atoms with van der Waals surface area (Å²) in [6, 6.07) is 1.01. The Labute approximate surface area is 199 Å². The van der Waals surface area contributed by atoms with Gasteiger partial charge in [0.25, 0.3) is 0 Å². The van der Waals surface area contributed by atoms with Gasteiger partial charge >= 0.3 is 11.9 Å². The Hall–Kier alpha value is -1.10. The second-order valence-electron chi connectivity index (χ2n) is 12.9. The van der Waals surface area contributed by atoms with E-state index in [4.69, 9.17) is 4.74 Å². The third kappa shape index (κ3) is 4.04. The molecule has 0 spiro atoms. The molecule has 33 heavy (non-hydrogen) atoms. The van der Waals surface area contributed by atoms with Crippen LogP contribution in [0, 0.1) is 40.4 Å². The van der Waals surface area contributed by atoms with Crippen LogP contribution in [0.1, 0.15) is 104 Å². The first-order chi connectivity index (χ1) is 15.7. The van der Waals surface area contributed by atoms with Gasteiger partial charge in [0.1, 0.15) is 6.10 Å². The van der Waals surface area contributed by atoms with E-state index in [1.165, 1.54) is 51.9 Å². The number of carbonyl (C=O) groups excluding carboxylic acids is 1. The van der Waals surface area contributed by atoms with Crippen LogP contribution < -0.4 is 5.32 Å². The molecule has 5 aliphatic rings. The van der Waals surface area contributed by atoms with Crippen molar-refractivity contribution in [2.45, 2.75) is 122 Å². The highest BCUT2D eigenvalue weighted by Crippen LogP contribution is 2.67. The van der Waals surface area contributed by atoms with Crippen molar-refractivity contribution in [1.29, 1.82) is 0 Å². The van der Waals surface area contributed by atoms with Crippen LogP contribution in [-0.2, 0) is 14.3 Å². The van der Waals surface area contributed by atoms with Crippen molar-refractivity contribution in [2.24, 2.45) is 40.4 Å². The number of rotatable bonds is 4. The van der Waals surface area contributed by atoms with Crippen LogP contribution in [0.3, 0.4) is 0 Å². The van der Waals surface area contributed by atoms with Crippen LogP contribution in [0.15, 0.2) is 0 Å². The smallest absolute Gasteiger partial charge is 0.307 e. The Bertz CT molecular complexity index is 763. The third-order valence-electron chi connectivity index (χ3n) is 11.3. The van der Waals surface area contributed by atoms with Crippen molar-refractivity contribution in [3.63, 3.8) is 0 Å². The number of carbonyl (C=O) groups is 2. The molecule has 0 aromatic carbocycles. The molecule has 5 heteroatoms. The fourth-order valence-electron chi connectivity index (χ4n) is 9.88. The van der Waals surface area contributed by atoms with Gasteiger partial charge in [-0.05, 0) is 98.7 Å². The van der Waals surface area contributed by atoms with Gasteiger partial charge in [-0.2, -0.15) is 0 Å². The monoisotopic (exact) mass is 459 g/mol. The predicted octanol–water partition coefficient (Wildman–Crippen LogP) is 5.56. The summed E-state index contributed by atoms with van der Waals surface area (Å²) in [4.78, 5) is 23.9. The largest absolute Gasteiger partial charge is 0.481 e. The summed E-state index contributed by atoms with van der Waals surface area (Å²) in [7, 11) is 0. The van der Waals surface area contributed by atoms with Gasteiger partial charge in [0.05, 0.1) is 5.92 Å². The maximum Gasteiger partial charge on any atom is 0.307 e. The minimum absolute atomic E-state index is 0.0820. The van der Waals surface area contributed by atoms with E-state index in [2.05, 4.69) is 19.2 Å². The minimum Gasteiger partial charge on any atom is -0.481 e. The van der Waals surface area contributed by atoms with Gasteiger partial charge in [-0.15, -0.1) is 0 Å². The van der Waals surface area contributed by atoms with Gasteiger partial charge in [0, 0.05) is 19.0 Å². The Morgan fingerprint density at radius 2 is 1.70 bits per heavy atom. The quantitative estimate of drug-likeness (QED) is 0.538. The summed E-state index contributed by atoms with van der Waals surface area (Å²) in [5.74, 6) is 1.47. The van der Waals surface area contributed by atoms with Crippen LogP contribution in [0.2, 0.25) is 0 Å². The molecule has 0 bridgehead atoms. The third-order valence-corrected chi connectivity index (χ3v) is 11.3. The lowest BCUT2D eigenvalue weighted by molar-refractivity contribution is -0.169. The molecule has 0 heterocycles. The Morgan fingerprint density at radius 3 is 2.39 bits per heavy atom. The number of hydrogen-bond acceptors (Lipinski definition) is 4. The summed E-state index contributed by atoms with van der Waals surface area (Å²) >= 11 is 0. The van der Waals surface area contributed by atoms with E-state index in [-0.39, 0.29) is 28.8 Å². The molecule has 5 saturated carbocycles. The molecule has 5 fully saturated rings. The standard InChI is InChI=1S/C28H45NO4/c1-17(30)33-20-13-14-27(2)18(15-20)9-10-21-22-11-12-23(26(31)32)28(22,3)16-24(25(21)27)29-19-7-5-4-6-8-19/h18-25,29H,4-16H2,1-3H3,(H,31,32)/t18-,20+,21-,22-,23+,24+,25+,27-,28-/m0/s1. The summed E-state index contributed by atoms with van der Waals surface area (Å²) in [5.41, 5.74) is 0.173. The first kappa shape index (κ1) is 23.6. The molecular weight excluding hydrogens is 414 g/mol. The average molecular weight is 460 g/mol. The molecular formula is C28H45NO4. The minimum atomic E-state index is -0.573. The molecule has 0 saturated heterocycles. The first-order valence-corrected chi connectivity index (χ1v) is 13.9. The number of ether oxygens (including phenoxy) is 1. The fourth-order valence-corrected chi connectivity index (χ4v) is 9.88. The molecule has 0 aliphatic heterocycles. The highest BCUT2D eigenvalue weighted by atomic mass is 16.5. The molecule has 5 rings (SSSR count). The Morgan fingerprint density at radius 1 is 0.939 bits per heavy atom. The topological polar surface area (TPSA) is 75.6 Å². The zero-order valence-corrected chi connectivity index (χ0v) is 21.0. The number of carboxylic acids is 1. The van der Waals surface area contributed by atoms with Crippen molar-refractivity contribution in [1.82, 2.24) is 5.32 Å². The Balaban J connectivity index is 1.45. The summed E-state index contributed by atoms with van der Waals surface area (Å²) < 4.78 is 5.68. The summed E-state index contributed by atoms with van der Waals surface area (Å²) in [6.45, 7) is 6.40. The molecule has 186 valence electrons.